The van der Waals surface area contributed by atoms with Gasteiger partial charge in [0.1, 0.15) is 12.1 Å². The average Bonchev–Trinajstić information content (AvgIpc) is 3.07. The Labute approximate surface area is 223 Å². The minimum atomic E-state index is -3.54. The highest BCUT2D eigenvalue weighted by atomic mass is 32.3. The summed E-state index contributed by atoms with van der Waals surface area (Å²) in [7, 11) is -3.54. The highest BCUT2D eigenvalue weighted by molar-refractivity contribution is 8.31. The molecular weight excluding hydrogens is 510 g/mol. The molecule has 2 aromatic rings. The van der Waals surface area contributed by atoms with Gasteiger partial charge in [-0.3, -0.25) is 23.5 Å². The van der Waals surface area contributed by atoms with Gasteiger partial charge >= 0.3 is 5.97 Å². The van der Waals surface area contributed by atoms with Gasteiger partial charge in [0.15, 0.2) is 0 Å². The van der Waals surface area contributed by atoms with E-state index in [1.165, 1.54) is 13.0 Å². The van der Waals surface area contributed by atoms with E-state index in [2.05, 4.69) is 10.6 Å². The summed E-state index contributed by atoms with van der Waals surface area (Å²) >= 11 is 0. The van der Waals surface area contributed by atoms with Crippen molar-refractivity contribution in [3.63, 3.8) is 0 Å². The van der Waals surface area contributed by atoms with E-state index in [0.717, 1.165) is 9.87 Å². The summed E-state index contributed by atoms with van der Waals surface area (Å²) in [5.41, 5.74) is 0.976. The van der Waals surface area contributed by atoms with Gasteiger partial charge in [0.2, 0.25) is 11.8 Å². The number of amides is 3. The van der Waals surface area contributed by atoms with Gasteiger partial charge in [0.05, 0.1) is 10.4 Å². The first-order valence-corrected chi connectivity index (χ1v) is 13.5. The third-order valence-corrected chi connectivity index (χ3v) is 8.06. The predicted octanol–water partition coefficient (Wildman–Crippen LogP) is 3.19. The molecule has 1 heterocycles. The number of carbonyl (C=O) groups is 4. The van der Waals surface area contributed by atoms with Gasteiger partial charge in [-0.15, -0.1) is 0 Å². The number of carboxylic acid groups (broad SMARTS) is 1. The van der Waals surface area contributed by atoms with Crippen molar-refractivity contribution in [3.8, 4) is 0 Å². The van der Waals surface area contributed by atoms with Gasteiger partial charge in [-0.2, -0.15) is 0 Å². The smallest absolute Gasteiger partial charge is 0.326 e. The number of rotatable bonds is 9. The van der Waals surface area contributed by atoms with Crippen molar-refractivity contribution in [3.05, 3.63) is 77.4 Å². The van der Waals surface area contributed by atoms with Gasteiger partial charge in [0, 0.05) is 25.8 Å². The highest BCUT2D eigenvalue weighted by Gasteiger charge is 2.44. The van der Waals surface area contributed by atoms with Crippen LogP contribution in [0, 0.1) is 0 Å². The topological polar surface area (TPSA) is 156 Å². The van der Waals surface area contributed by atoms with Gasteiger partial charge in [-0.05, 0) is 37.5 Å². The maximum absolute atomic E-state index is 12.9. The Bertz CT molecular complexity index is 1240. The minimum absolute atomic E-state index is 0.0537. The van der Waals surface area contributed by atoms with Gasteiger partial charge in [0.25, 0.3) is 5.91 Å². The number of hydrogen-bond donors (Lipinski definition) is 5. The molecule has 0 saturated heterocycles. The molecule has 0 bridgehead atoms. The van der Waals surface area contributed by atoms with Crippen LogP contribution < -0.4 is 10.6 Å². The largest absolute Gasteiger partial charge is 0.480 e. The molecule has 38 heavy (non-hydrogen) atoms. The summed E-state index contributed by atoms with van der Waals surface area (Å²) in [6.07, 6.45) is 1.34. The highest BCUT2D eigenvalue weighted by Crippen LogP contribution is 2.62. The molecule has 0 saturated carbocycles. The zero-order valence-corrected chi connectivity index (χ0v) is 22.5. The quantitative estimate of drug-likeness (QED) is 0.325. The minimum Gasteiger partial charge on any atom is -0.480 e. The first kappa shape index (κ1) is 28.9. The lowest BCUT2D eigenvalue weighted by Gasteiger charge is -2.46. The lowest BCUT2D eigenvalue weighted by atomic mass is 10.0. The first-order chi connectivity index (χ1) is 17.7. The van der Waals surface area contributed by atoms with E-state index in [9.17, 15) is 33.4 Å². The van der Waals surface area contributed by atoms with Crippen LogP contribution in [0.5, 0.6) is 0 Å². The third-order valence-electron chi connectivity index (χ3n) is 5.88. The molecule has 0 fully saturated rings. The fraction of sp³-hybridized carbons (Fsp3) is 0.333. The zero-order valence-electron chi connectivity index (χ0n) is 21.7. The second-order valence-corrected chi connectivity index (χ2v) is 11.9. The van der Waals surface area contributed by atoms with Crippen molar-refractivity contribution >= 4 is 39.4 Å². The van der Waals surface area contributed by atoms with E-state index < -0.39 is 52.1 Å². The summed E-state index contributed by atoms with van der Waals surface area (Å²) in [4.78, 5) is 49.1. The van der Waals surface area contributed by atoms with Crippen LogP contribution in [0.3, 0.4) is 0 Å². The normalized spacial score (nSPS) is 17.3. The van der Waals surface area contributed by atoms with E-state index in [4.69, 9.17) is 0 Å². The van der Waals surface area contributed by atoms with E-state index in [0.29, 0.717) is 11.1 Å². The predicted molar refractivity (Wildman–Crippen MR) is 145 cm³/mol. The molecule has 0 radical (unpaired) electrons. The summed E-state index contributed by atoms with van der Waals surface area (Å²) in [6, 6.07) is 13.2. The van der Waals surface area contributed by atoms with Crippen LogP contribution in [0.2, 0.25) is 0 Å². The van der Waals surface area contributed by atoms with Crippen molar-refractivity contribution in [2.75, 3.05) is 0 Å². The SMILES string of the molecule is CC(=O)N[C@@H](Cc1ccccc1)C(=O)N[C@@H](Cc1ccc(C2=CC(=O)N(C(C)(C)C)S2(O)O)cc1)C(=O)O. The van der Waals surface area contributed by atoms with Crippen LogP contribution in [0.25, 0.3) is 4.91 Å². The Balaban J connectivity index is 1.74. The van der Waals surface area contributed by atoms with Gasteiger partial charge < -0.3 is 15.7 Å². The fourth-order valence-electron chi connectivity index (χ4n) is 4.25. The summed E-state index contributed by atoms with van der Waals surface area (Å²) < 4.78 is 22.7. The Morgan fingerprint density at radius 2 is 1.45 bits per heavy atom. The number of aliphatic carboxylic acids is 1. The van der Waals surface area contributed by atoms with Crippen LogP contribution in [-0.4, -0.2) is 59.8 Å². The number of nitrogens with zero attached hydrogens (tertiary/aromatic N) is 1. The van der Waals surface area contributed by atoms with Crippen molar-refractivity contribution in [1.82, 2.24) is 14.9 Å². The number of carbonyl (C=O) groups excluding carboxylic acids is 3. The molecule has 0 aliphatic carbocycles. The number of hydrogen-bond acceptors (Lipinski definition) is 6. The number of carboxylic acids is 1. The standard InChI is InChI=1S/C27H33N3O7S/c1-17(31)28-21(14-18-8-6-5-7-9-18)25(33)29-22(26(34)35)15-19-10-12-20(13-11-19)23-16-24(32)30(27(2,3)4)38(23,36)37/h5-13,16,21-22,36-37H,14-15H2,1-4H3,(H,28,31)(H,29,33)(H,34,35)/t21-,22-/m0/s1. The van der Waals surface area contributed by atoms with Crippen molar-refractivity contribution in [2.24, 2.45) is 0 Å². The molecule has 1 aliphatic rings. The molecule has 1 aliphatic heterocycles. The maximum atomic E-state index is 12.9. The maximum Gasteiger partial charge on any atom is 0.326 e. The second kappa shape index (κ2) is 11.4. The van der Waals surface area contributed by atoms with Crippen LogP contribution in [-0.2, 0) is 32.0 Å². The Kier molecular flexibility index (Phi) is 8.65. The number of benzene rings is 2. The monoisotopic (exact) mass is 543 g/mol. The Hall–Kier alpha value is -3.67. The molecule has 5 N–H and O–H groups in total. The summed E-state index contributed by atoms with van der Waals surface area (Å²) in [5, 5.41) is 14.8. The molecule has 0 aromatic heterocycles. The van der Waals surface area contributed by atoms with Crippen LogP contribution in [0.4, 0.5) is 0 Å². The van der Waals surface area contributed by atoms with E-state index in [1.807, 2.05) is 18.2 Å². The third kappa shape index (κ3) is 6.80. The van der Waals surface area contributed by atoms with Gasteiger partial charge in [-0.25, -0.2) is 9.10 Å². The van der Waals surface area contributed by atoms with E-state index in [-0.39, 0.29) is 17.7 Å². The molecule has 3 rings (SSSR count). The lowest BCUT2D eigenvalue weighted by molar-refractivity contribution is -0.142. The van der Waals surface area contributed by atoms with E-state index >= 15 is 0 Å². The van der Waals surface area contributed by atoms with Crippen molar-refractivity contribution in [2.45, 2.75) is 58.2 Å². The molecule has 10 nitrogen and oxygen atoms in total. The van der Waals surface area contributed by atoms with E-state index in [1.54, 1.807) is 57.2 Å². The molecule has 11 heteroatoms. The summed E-state index contributed by atoms with van der Waals surface area (Å²) in [5.74, 6) is -2.80. The van der Waals surface area contributed by atoms with Crippen molar-refractivity contribution in [1.29, 1.82) is 0 Å². The molecule has 2 atom stereocenters. The molecule has 2 aromatic carbocycles. The zero-order chi connectivity index (χ0) is 28.3. The molecular formula is C27H33N3O7S. The Morgan fingerprint density at radius 1 is 0.895 bits per heavy atom. The second-order valence-electron chi connectivity index (χ2n) is 10.1. The average molecular weight is 544 g/mol. The van der Waals surface area contributed by atoms with Crippen molar-refractivity contribution < 1.29 is 33.4 Å². The first-order valence-electron chi connectivity index (χ1n) is 12.0. The molecule has 204 valence electrons. The fourth-order valence-corrected chi connectivity index (χ4v) is 6.22. The van der Waals surface area contributed by atoms with Crippen LogP contribution in [0.15, 0.2) is 60.7 Å². The molecule has 0 spiro atoms. The summed E-state index contributed by atoms with van der Waals surface area (Å²) in [6.45, 7) is 6.39. The molecule has 0 unspecified atom stereocenters. The van der Waals surface area contributed by atoms with Gasteiger partial charge in [-0.1, -0.05) is 65.4 Å². The Morgan fingerprint density at radius 3 is 1.95 bits per heavy atom. The molecule has 3 amide bonds. The van der Waals surface area contributed by atoms with Crippen LogP contribution in [0.1, 0.15) is 44.4 Å². The lowest BCUT2D eigenvalue weighted by Crippen LogP contribution is -2.52. The van der Waals surface area contributed by atoms with Crippen LogP contribution >= 0.6 is 10.8 Å². The number of nitrogens with one attached hydrogen (secondary N) is 2.